The van der Waals surface area contributed by atoms with E-state index >= 15 is 0 Å². The Hall–Kier alpha value is -1.40. The lowest BCUT2D eigenvalue weighted by Gasteiger charge is -2.23. The van der Waals surface area contributed by atoms with Crippen LogP contribution in [0.25, 0.3) is 0 Å². The van der Waals surface area contributed by atoms with Gasteiger partial charge in [0.2, 0.25) is 11.8 Å². The van der Waals surface area contributed by atoms with Gasteiger partial charge in [-0.05, 0) is 44.8 Å². The Balaban J connectivity index is 2.74. The van der Waals surface area contributed by atoms with Crippen LogP contribution in [-0.2, 0) is 9.59 Å². The van der Waals surface area contributed by atoms with Crippen LogP contribution in [0.3, 0.4) is 0 Å². The number of carbonyl (C=O) groups is 2. The molecule has 1 aromatic carbocycles. The molecule has 6 heteroatoms. The zero-order chi connectivity index (χ0) is 16.0. The average Bonchev–Trinajstić information content (AvgIpc) is 2.36. The van der Waals surface area contributed by atoms with Crippen molar-refractivity contribution in [1.82, 2.24) is 10.2 Å². The summed E-state index contributed by atoms with van der Waals surface area (Å²) in [7, 11) is 3.89. The molecule has 2 amide bonds. The van der Waals surface area contributed by atoms with E-state index in [9.17, 15) is 9.59 Å². The minimum atomic E-state index is -0.158. The maximum Gasteiger partial charge on any atom is 0.240 e. The van der Waals surface area contributed by atoms with Crippen molar-refractivity contribution in [2.45, 2.75) is 13.8 Å². The average molecular weight is 356 g/mol. The third kappa shape index (κ3) is 5.85. The molecule has 1 rings (SSSR count). The highest BCUT2D eigenvalue weighted by molar-refractivity contribution is 9.10. The van der Waals surface area contributed by atoms with Crippen molar-refractivity contribution < 1.29 is 9.59 Å². The third-order valence-electron chi connectivity index (χ3n) is 3.01. The van der Waals surface area contributed by atoms with Gasteiger partial charge in [-0.3, -0.25) is 9.59 Å². The summed E-state index contributed by atoms with van der Waals surface area (Å²) in [5, 5.41) is 2.82. The lowest BCUT2D eigenvalue weighted by atomic mass is 10.2. The normalized spacial score (nSPS) is 10.6. The van der Waals surface area contributed by atoms with Gasteiger partial charge >= 0.3 is 0 Å². The molecule has 0 heterocycles. The molecule has 0 saturated carbocycles. The number of hydrogen-bond acceptors (Lipinski definition) is 3. The highest BCUT2D eigenvalue weighted by atomic mass is 79.9. The molecule has 21 heavy (non-hydrogen) atoms. The monoisotopic (exact) mass is 355 g/mol. The van der Waals surface area contributed by atoms with E-state index in [-0.39, 0.29) is 18.4 Å². The van der Waals surface area contributed by atoms with E-state index in [4.69, 9.17) is 0 Å². The Kier molecular flexibility index (Phi) is 6.84. The van der Waals surface area contributed by atoms with Gasteiger partial charge < -0.3 is 15.1 Å². The first kappa shape index (κ1) is 17.7. The Morgan fingerprint density at radius 1 is 1.29 bits per heavy atom. The second-order valence-electron chi connectivity index (χ2n) is 5.19. The molecule has 116 valence electrons. The molecule has 0 aromatic heterocycles. The summed E-state index contributed by atoms with van der Waals surface area (Å²) in [4.78, 5) is 27.3. The number of anilines is 1. The van der Waals surface area contributed by atoms with Gasteiger partial charge in [0.15, 0.2) is 0 Å². The van der Waals surface area contributed by atoms with Gasteiger partial charge in [-0.25, -0.2) is 0 Å². The van der Waals surface area contributed by atoms with Gasteiger partial charge in [-0.15, -0.1) is 0 Å². The van der Waals surface area contributed by atoms with Crippen molar-refractivity contribution >= 4 is 33.4 Å². The zero-order valence-electron chi connectivity index (χ0n) is 12.9. The highest BCUT2D eigenvalue weighted by Gasteiger charge is 2.17. The lowest BCUT2D eigenvalue weighted by Crippen LogP contribution is -2.41. The van der Waals surface area contributed by atoms with Gasteiger partial charge in [0, 0.05) is 30.2 Å². The summed E-state index contributed by atoms with van der Waals surface area (Å²) in [5.41, 5.74) is 1.70. The smallest absolute Gasteiger partial charge is 0.240 e. The number of nitrogens with one attached hydrogen (secondary N) is 1. The molecule has 1 N–H and O–H groups in total. The molecule has 0 aliphatic rings. The molecule has 0 fully saturated rings. The van der Waals surface area contributed by atoms with Crippen LogP contribution in [0.1, 0.15) is 12.5 Å². The molecular weight excluding hydrogens is 334 g/mol. The van der Waals surface area contributed by atoms with Crippen molar-refractivity contribution in [2.24, 2.45) is 0 Å². The van der Waals surface area contributed by atoms with Crippen LogP contribution in [0.5, 0.6) is 0 Å². The molecule has 5 nitrogen and oxygen atoms in total. The van der Waals surface area contributed by atoms with E-state index in [1.165, 1.54) is 11.8 Å². The summed E-state index contributed by atoms with van der Waals surface area (Å²) in [6.07, 6.45) is 0. The van der Waals surface area contributed by atoms with E-state index in [0.29, 0.717) is 6.54 Å². The van der Waals surface area contributed by atoms with Gasteiger partial charge in [0.1, 0.15) is 6.54 Å². The molecule has 0 atom stereocenters. The predicted octanol–water partition coefficient (Wildman–Crippen LogP) is 1.79. The minimum absolute atomic E-state index is 0.0330. The number of amides is 2. The molecule has 0 bridgehead atoms. The van der Waals surface area contributed by atoms with Gasteiger partial charge in [0.05, 0.1) is 0 Å². The predicted molar refractivity (Wildman–Crippen MR) is 88.5 cm³/mol. The molecule has 0 saturated heterocycles. The Morgan fingerprint density at radius 2 is 1.95 bits per heavy atom. The first-order chi connectivity index (χ1) is 9.81. The number of rotatable bonds is 6. The SMILES string of the molecule is CC(=O)N(CC(=O)NCCN(C)C)c1ccc(Br)cc1C. The van der Waals surface area contributed by atoms with Gasteiger partial charge in [-0.1, -0.05) is 15.9 Å². The van der Waals surface area contributed by atoms with E-state index in [1.807, 2.05) is 44.1 Å². The zero-order valence-corrected chi connectivity index (χ0v) is 14.5. The second kappa shape index (κ2) is 8.14. The summed E-state index contributed by atoms with van der Waals surface area (Å²) in [6, 6.07) is 5.63. The van der Waals surface area contributed by atoms with E-state index in [0.717, 1.165) is 22.3 Å². The van der Waals surface area contributed by atoms with Crippen LogP contribution in [-0.4, -0.2) is 50.4 Å². The van der Waals surface area contributed by atoms with Crippen LogP contribution < -0.4 is 10.2 Å². The summed E-state index contributed by atoms with van der Waals surface area (Å²) >= 11 is 3.39. The highest BCUT2D eigenvalue weighted by Crippen LogP contribution is 2.23. The third-order valence-corrected chi connectivity index (χ3v) is 3.51. The molecule has 0 aliphatic carbocycles. The largest absolute Gasteiger partial charge is 0.353 e. The topological polar surface area (TPSA) is 52.7 Å². The van der Waals surface area contributed by atoms with E-state index in [2.05, 4.69) is 21.2 Å². The van der Waals surface area contributed by atoms with Crippen LogP contribution in [0.15, 0.2) is 22.7 Å². The van der Waals surface area contributed by atoms with Gasteiger partial charge in [-0.2, -0.15) is 0 Å². The van der Waals surface area contributed by atoms with E-state index in [1.54, 1.807) is 0 Å². The summed E-state index contributed by atoms with van der Waals surface area (Å²) in [5.74, 6) is -0.308. The molecule has 0 radical (unpaired) electrons. The molecule has 0 aliphatic heterocycles. The van der Waals surface area contributed by atoms with Crippen LogP contribution >= 0.6 is 15.9 Å². The lowest BCUT2D eigenvalue weighted by molar-refractivity contribution is -0.123. The number of aryl methyl sites for hydroxylation is 1. The Bertz CT molecular complexity index is 518. The second-order valence-corrected chi connectivity index (χ2v) is 6.10. The summed E-state index contributed by atoms with van der Waals surface area (Å²) < 4.78 is 0.947. The number of likely N-dealkylation sites (N-methyl/N-ethyl adjacent to an activating group) is 1. The fraction of sp³-hybridized carbons (Fsp3) is 0.467. The van der Waals surface area contributed by atoms with Crippen molar-refractivity contribution in [1.29, 1.82) is 0 Å². The molecular formula is C15H22BrN3O2. The number of carbonyl (C=O) groups excluding carboxylic acids is 2. The molecule has 0 spiro atoms. The van der Waals surface area contributed by atoms with Gasteiger partial charge in [0.25, 0.3) is 0 Å². The standard InChI is InChI=1S/C15H22BrN3O2/c1-11-9-13(16)5-6-14(11)19(12(2)20)10-15(21)17-7-8-18(3)4/h5-6,9H,7-8,10H2,1-4H3,(H,17,21). The number of nitrogens with zero attached hydrogens (tertiary/aromatic N) is 2. The summed E-state index contributed by atoms with van der Waals surface area (Å²) in [6.45, 7) is 4.75. The van der Waals surface area contributed by atoms with E-state index < -0.39 is 0 Å². The van der Waals surface area contributed by atoms with Crippen molar-refractivity contribution in [3.8, 4) is 0 Å². The quantitative estimate of drug-likeness (QED) is 0.846. The molecule has 0 unspecified atom stereocenters. The number of benzene rings is 1. The van der Waals surface area contributed by atoms with Crippen molar-refractivity contribution in [2.75, 3.05) is 38.6 Å². The first-order valence-corrected chi connectivity index (χ1v) is 7.56. The fourth-order valence-corrected chi connectivity index (χ4v) is 2.38. The fourth-order valence-electron chi connectivity index (χ4n) is 1.91. The van der Waals surface area contributed by atoms with Crippen LogP contribution in [0.2, 0.25) is 0 Å². The number of halogens is 1. The van der Waals surface area contributed by atoms with Crippen molar-refractivity contribution in [3.63, 3.8) is 0 Å². The van der Waals surface area contributed by atoms with Crippen LogP contribution in [0, 0.1) is 6.92 Å². The maximum atomic E-state index is 12.0. The minimum Gasteiger partial charge on any atom is -0.353 e. The molecule has 1 aromatic rings. The maximum absolute atomic E-state index is 12.0. The Morgan fingerprint density at radius 3 is 2.48 bits per heavy atom. The first-order valence-electron chi connectivity index (χ1n) is 6.77. The van der Waals surface area contributed by atoms with Crippen molar-refractivity contribution in [3.05, 3.63) is 28.2 Å². The number of hydrogen-bond donors (Lipinski definition) is 1. The Labute approximate surface area is 134 Å². The van der Waals surface area contributed by atoms with Crippen LogP contribution in [0.4, 0.5) is 5.69 Å².